The quantitative estimate of drug-likeness (QED) is 0.422. The summed E-state index contributed by atoms with van der Waals surface area (Å²) in [6.07, 6.45) is -2.94. The number of nitrogens with two attached hydrogens (primary N) is 1. The Balaban J connectivity index is 2.15. The molecule has 0 atom stereocenters. The maximum absolute atomic E-state index is 12.8. The number of benzene rings is 2. The van der Waals surface area contributed by atoms with Gasteiger partial charge in [0.1, 0.15) is 12.4 Å². The average Bonchev–Trinajstić information content (AvgIpc) is 2.53. The van der Waals surface area contributed by atoms with Crippen LogP contribution in [0.1, 0.15) is 16.7 Å². The summed E-state index contributed by atoms with van der Waals surface area (Å²) in [5.41, 5.74) is 7.99. The number of alkyl halides is 3. The summed E-state index contributed by atoms with van der Waals surface area (Å²) in [7, 11) is 0. The van der Waals surface area contributed by atoms with E-state index >= 15 is 0 Å². The standard InChI is InChI=1S/C16H13BrF3N3OS/c17-13-4-5-14(11(7-13)8-22-23-15(21)25)24-9-10-2-1-3-12(6-10)16(18,19)20/h1-8H,9H2,(H3,21,23,25). The molecule has 0 unspecified atom stereocenters. The van der Waals surface area contributed by atoms with E-state index in [1.165, 1.54) is 12.3 Å². The Morgan fingerprint density at radius 3 is 2.72 bits per heavy atom. The zero-order valence-corrected chi connectivity index (χ0v) is 15.1. The number of nitrogens with zero attached hydrogens (tertiary/aromatic N) is 1. The average molecular weight is 432 g/mol. The van der Waals surface area contributed by atoms with Crippen LogP contribution < -0.4 is 15.9 Å². The topological polar surface area (TPSA) is 59.6 Å². The van der Waals surface area contributed by atoms with Crippen molar-refractivity contribution in [3.63, 3.8) is 0 Å². The van der Waals surface area contributed by atoms with Gasteiger partial charge >= 0.3 is 6.18 Å². The second-order valence-corrected chi connectivity index (χ2v) is 6.26. The third-order valence-corrected chi connectivity index (χ3v) is 3.58. The highest BCUT2D eigenvalue weighted by atomic mass is 79.9. The first kappa shape index (κ1) is 19.2. The van der Waals surface area contributed by atoms with Crippen LogP contribution in [0.4, 0.5) is 13.2 Å². The van der Waals surface area contributed by atoms with Crippen LogP contribution in [-0.4, -0.2) is 11.3 Å². The Morgan fingerprint density at radius 1 is 1.28 bits per heavy atom. The van der Waals surface area contributed by atoms with E-state index in [4.69, 9.17) is 10.5 Å². The van der Waals surface area contributed by atoms with Crippen molar-refractivity contribution >= 4 is 39.5 Å². The lowest BCUT2D eigenvalue weighted by Crippen LogP contribution is -2.24. The van der Waals surface area contributed by atoms with Crippen LogP contribution in [0.25, 0.3) is 0 Å². The molecule has 25 heavy (non-hydrogen) atoms. The number of hydrogen-bond acceptors (Lipinski definition) is 3. The number of halogens is 4. The van der Waals surface area contributed by atoms with Crippen molar-refractivity contribution < 1.29 is 17.9 Å². The fourth-order valence-electron chi connectivity index (χ4n) is 1.92. The molecule has 3 N–H and O–H groups in total. The van der Waals surface area contributed by atoms with Crippen LogP contribution in [0.2, 0.25) is 0 Å². The fourth-order valence-corrected chi connectivity index (χ4v) is 2.35. The Hall–Kier alpha value is -2.13. The first-order valence-corrected chi connectivity index (χ1v) is 8.13. The molecule has 9 heteroatoms. The van der Waals surface area contributed by atoms with E-state index in [1.807, 2.05) is 0 Å². The zero-order valence-electron chi connectivity index (χ0n) is 12.7. The molecule has 0 heterocycles. The van der Waals surface area contributed by atoms with Crippen LogP contribution in [-0.2, 0) is 12.8 Å². The van der Waals surface area contributed by atoms with Crippen LogP contribution in [0, 0.1) is 0 Å². The second kappa shape index (κ2) is 8.30. The third kappa shape index (κ3) is 6.02. The van der Waals surface area contributed by atoms with Crippen molar-refractivity contribution in [3.05, 3.63) is 63.6 Å². The zero-order chi connectivity index (χ0) is 18.4. The molecular weight excluding hydrogens is 419 g/mol. The number of nitrogens with one attached hydrogen (secondary N) is 1. The van der Waals surface area contributed by atoms with Crippen LogP contribution >= 0.6 is 28.1 Å². The molecule has 0 aromatic heterocycles. The Bertz CT molecular complexity index is 796. The number of ether oxygens (including phenoxy) is 1. The molecule has 0 aliphatic rings. The van der Waals surface area contributed by atoms with E-state index in [-0.39, 0.29) is 11.7 Å². The molecule has 2 aromatic carbocycles. The van der Waals surface area contributed by atoms with Gasteiger partial charge in [0, 0.05) is 10.0 Å². The molecule has 132 valence electrons. The van der Waals surface area contributed by atoms with Crippen LogP contribution in [0.5, 0.6) is 5.75 Å². The van der Waals surface area contributed by atoms with Gasteiger partial charge in [-0.05, 0) is 48.1 Å². The highest BCUT2D eigenvalue weighted by Crippen LogP contribution is 2.30. The second-order valence-electron chi connectivity index (χ2n) is 4.90. The molecule has 0 radical (unpaired) electrons. The van der Waals surface area contributed by atoms with Gasteiger partial charge in [-0.25, -0.2) is 0 Å². The first-order valence-electron chi connectivity index (χ1n) is 6.92. The van der Waals surface area contributed by atoms with Gasteiger partial charge in [0.15, 0.2) is 5.11 Å². The third-order valence-electron chi connectivity index (χ3n) is 3.00. The molecule has 0 aliphatic carbocycles. The van der Waals surface area contributed by atoms with Crippen LogP contribution in [0.15, 0.2) is 52.0 Å². The predicted molar refractivity (Wildman–Crippen MR) is 97.4 cm³/mol. The van der Waals surface area contributed by atoms with Gasteiger partial charge in [-0.2, -0.15) is 18.3 Å². The summed E-state index contributed by atoms with van der Waals surface area (Å²) < 4.78 is 44.7. The lowest BCUT2D eigenvalue weighted by Gasteiger charge is -2.12. The van der Waals surface area contributed by atoms with Crippen molar-refractivity contribution in [2.75, 3.05) is 0 Å². The number of thiocarbonyl (C=S) groups is 1. The Morgan fingerprint density at radius 2 is 2.04 bits per heavy atom. The van der Waals surface area contributed by atoms with Gasteiger partial charge in [0.25, 0.3) is 0 Å². The lowest BCUT2D eigenvalue weighted by molar-refractivity contribution is -0.137. The predicted octanol–water partition coefficient (Wildman–Crippen LogP) is 4.21. The van der Waals surface area contributed by atoms with Gasteiger partial charge in [0.2, 0.25) is 0 Å². The molecule has 2 rings (SSSR count). The first-order chi connectivity index (χ1) is 11.8. The molecular formula is C16H13BrF3N3OS. The van der Waals surface area contributed by atoms with Gasteiger partial charge in [-0.15, -0.1) is 0 Å². The van der Waals surface area contributed by atoms with Crippen molar-refractivity contribution in [2.24, 2.45) is 10.8 Å². The van der Waals surface area contributed by atoms with E-state index < -0.39 is 11.7 Å². The molecule has 0 spiro atoms. The van der Waals surface area contributed by atoms with Gasteiger partial charge in [0.05, 0.1) is 11.8 Å². The number of rotatable bonds is 5. The highest BCUT2D eigenvalue weighted by Gasteiger charge is 2.30. The smallest absolute Gasteiger partial charge is 0.416 e. The minimum absolute atomic E-state index is 0.0117. The normalized spacial score (nSPS) is 11.5. The maximum atomic E-state index is 12.8. The van der Waals surface area contributed by atoms with E-state index in [0.29, 0.717) is 16.9 Å². The maximum Gasteiger partial charge on any atom is 0.416 e. The molecule has 0 fully saturated rings. The Kier molecular flexibility index (Phi) is 6.38. The largest absolute Gasteiger partial charge is 0.488 e. The minimum Gasteiger partial charge on any atom is -0.488 e. The van der Waals surface area contributed by atoms with Crippen molar-refractivity contribution in [3.8, 4) is 5.75 Å². The van der Waals surface area contributed by atoms with Crippen molar-refractivity contribution in [1.82, 2.24) is 5.43 Å². The minimum atomic E-state index is -4.39. The SMILES string of the molecule is NC(=S)NN=Cc1cc(Br)ccc1OCc1cccc(C(F)(F)F)c1. The number of hydrogen-bond donors (Lipinski definition) is 2. The van der Waals surface area contributed by atoms with E-state index in [0.717, 1.165) is 16.6 Å². The summed E-state index contributed by atoms with van der Waals surface area (Å²) in [4.78, 5) is 0. The molecule has 0 aliphatic heterocycles. The summed E-state index contributed by atoms with van der Waals surface area (Å²) in [5, 5.41) is 3.87. The van der Waals surface area contributed by atoms with Crippen LogP contribution in [0.3, 0.4) is 0 Å². The lowest BCUT2D eigenvalue weighted by atomic mass is 10.1. The molecule has 0 saturated heterocycles. The van der Waals surface area contributed by atoms with E-state index in [1.54, 1.807) is 24.3 Å². The Labute approximate surface area is 156 Å². The summed E-state index contributed by atoms with van der Waals surface area (Å²) >= 11 is 7.98. The number of hydrazone groups is 1. The van der Waals surface area contributed by atoms with Crippen molar-refractivity contribution in [2.45, 2.75) is 12.8 Å². The van der Waals surface area contributed by atoms with Crippen molar-refractivity contribution in [1.29, 1.82) is 0 Å². The molecule has 4 nitrogen and oxygen atoms in total. The molecule has 0 bridgehead atoms. The van der Waals surface area contributed by atoms with E-state index in [9.17, 15) is 13.2 Å². The summed E-state index contributed by atoms with van der Waals surface area (Å²) in [6.45, 7) is -0.0187. The summed E-state index contributed by atoms with van der Waals surface area (Å²) in [5.74, 6) is 0.453. The van der Waals surface area contributed by atoms with E-state index in [2.05, 4.69) is 38.7 Å². The summed E-state index contributed by atoms with van der Waals surface area (Å²) in [6, 6.07) is 10.2. The molecule has 0 saturated carbocycles. The molecule has 2 aromatic rings. The van der Waals surface area contributed by atoms with Gasteiger partial charge in [-0.3, -0.25) is 5.43 Å². The highest BCUT2D eigenvalue weighted by molar-refractivity contribution is 9.10. The molecule has 0 amide bonds. The monoisotopic (exact) mass is 431 g/mol. The van der Waals surface area contributed by atoms with Gasteiger partial charge in [-0.1, -0.05) is 28.1 Å². The van der Waals surface area contributed by atoms with Gasteiger partial charge < -0.3 is 10.5 Å². The fraction of sp³-hybridized carbons (Fsp3) is 0.125.